The second-order valence-electron chi connectivity index (χ2n) is 2.38. The maximum Gasteiger partial charge on any atom is 0.305 e. The third-order valence-corrected chi connectivity index (χ3v) is 1.49. The molecule has 0 aliphatic carbocycles. The number of likely N-dealkylation sites (N-methyl/N-ethyl adjacent to an activating group) is 2. The molecule has 13 heavy (non-hydrogen) atoms. The summed E-state index contributed by atoms with van der Waals surface area (Å²) in [5.41, 5.74) is 0. The minimum Gasteiger partial charge on any atom is -0.481 e. The van der Waals surface area contributed by atoms with E-state index in [9.17, 15) is 14.4 Å². The number of aliphatic carboxylic acids is 1. The minimum absolute atomic E-state index is 0.400. The summed E-state index contributed by atoms with van der Waals surface area (Å²) >= 11 is 0. The van der Waals surface area contributed by atoms with Crippen LogP contribution in [0.5, 0.6) is 0 Å². The van der Waals surface area contributed by atoms with Gasteiger partial charge in [0.25, 0.3) is 5.91 Å². The number of carboxylic acids is 1. The highest BCUT2D eigenvalue weighted by atomic mass is 16.4. The third-order valence-electron chi connectivity index (χ3n) is 1.49. The standard InChI is InChI=1S/C7H12N2O4/c1-8-4(3-5(10)11)6(12)7(13)9-2/h4,8H,3H2,1-2H3,(H,9,13)(H,10,11). The number of rotatable bonds is 5. The first-order chi connectivity index (χ1) is 6.02. The van der Waals surface area contributed by atoms with Gasteiger partial charge in [0.15, 0.2) is 0 Å². The van der Waals surface area contributed by atoms with Crippen LogP contribution in [0.1, 0.15) is 6.42 Å². The molecule has 1 atom stereocenters. The first-order valence-electron chi connectivity index (χ1n) is 3.68. The molecule has 0 spiro atoms. The molecule has 0 radical (unpaired) electrons. The van der Waals surface area contributed by atoms with E-state index in [0.29, 0.717) is 0 Å². The number of hydrogen-bond donors (Lipinski definition) is 3. The van der Waals surface area contributed by atoms with Crippen LogP contribution >= 0.6 is 0 Å². The SMILES string of the molecule is CNC(=O)C(=O)C(CC(=O)O)NC. The molecule has 0 rings (SSSR count). The zero-order valence-electron chi connectivity index (χ0n) is 7.46. The zero-order chi connectivity index (χ0) is 10.4. The Morgan fingerprint density at radius 1 is 1.31 bits per heavy atom. The van der Waals surface area contributed by atoms with Crippen LogP contribution < -0.4 is 10.6 Å². The zero-order valence-corrected chi connectivity index (χ0v) is 7.46. The Morgan fingerprint density at radius 3 is 2.15 bits per heavy atom. The number of carboxylic acid groups (broad SMARTS) is 1. The van der Waals surface area contributed by atoms with Gasteiger partial charge < -0.3 is 15.7 Å². The number of carbonyl (C=O) groups is 3. The number of hydrogen-bond acceptors (Lipinski definition) is 4. The van der Waals surface area contributed by atoms with E-state index in [1.165, 1.54) is 14.1 Å². The summed E-state index contributed by atoms with van der Waals surface area (Å²) in [6.07, 6.45) is -0.400. The monoisotopic (exact) mass is 188 g/mol. The second kappa shape index (κ2) is 5.26. The Hall–Kier alpha value is -1.43. The van der Waals surface area contributed by atoms with E-state index in [2.05, 4.69) is 10.6 Å². The first kappa shape index (κ1) is 11.6. The average Bonchev–Trinajstić information content (AvgIpc) is 2.11. The quantitative estimate of drug-likeness (QED) is 0.450. The second-order valence-corrected chi connectivity index (χ2v) is 2.38. The van der Waals surface area contributed by atoms with E-state index in [1.807, 2.05) is 0 Å². The van der Waals surface area contributed by atoms with Crippen molar-refractivity contribution in [3.63, 3.8) is 0 Å². The predicted molar refractivity (Wildman–Crippen MR) is 44.2 cm³/mol. The maximum absolute atomic E-state index is 11.1. The number of carbonyl (C=O) groups excluding carboxylic acids is 2. The van der Waals surface area contributed by atoms with E-state index in [1.54, 1.807) is 0 Å². The highest BCUT2D eigenvalue weighted by Gasteiger charge is 2.24. The fraction of sp³-hybridized carbons (Fsp3) is 0.571. The van der Waals surface area contributed by atoms with Gasteiger partial charge in [-0.3, -0.25) is 14.4 Å². The minimum atomic E-state index is -1.13. The number of amides is 1. The number of ketones is 1. The summed E-state index contributed by atoms with van der Waals surface area (Å²) in [4.78, 5) is 32.2. The Bertz CT molecular complexity index is 227. The van der Waals surface area contributed by atoms with Crippen LogP contribution in [0.2, 0.25) is 0 Å². The molecule has 0 aromatic rings. The molecule has 3 N–H and O–H groups in total. The molecule has 0 aromatic heterocycles. The number of Topliss-reactive ketones (excluding diaryl/α,β-unsaturated/α-hetero) is 1. The van der Waals surface area contributed by atoms with E-state index in [-0.39, 0.29) is 0 Å². The van der Waals surface area contributed by atoms with Gasteiger partial charge in [-0.1, -0.05) is 0 Å². The molecule has 74 valence electrons. The molecular formula is C7H12N2O4. The third kappa shape index (κ3) is 3.66. The number of nitrogens with one attached hydrogen (secondary N) is 2. The molecule has 1 amide bonds. The molecule has 0 heterocycles. The maximum atomic E-state index is 11.1. The van der Waals surface area contributed by atoms with Gasteiger partial charge in [0.2, 0.25) is 5.78 Å². The van der Waals surface area contributed by atoms with Crippen LogP contribution in [0.3, 0.4) is 0 Å². The van der Waals surface area contributed by atoms with Crippen LogP contribution in [0.25, 0.3) is 0 Å². The lowest BCUT2D eigenvalue weighted by Crippen LogP contribution is -2.44. The van der Waals surface area contributed by atoms with Gasteiger partial charge in [-0.2, -0.15) is 0 Å². The summed E-state index contributed by atoms with van der Waals surface area (Å²) in [6.45, 7) is 0. The summed E-state index contributed by atoms with van der Waals surface area (Å²) in [5.74, 6) is -2.69. The molecule has 0 saturated heterocycles. The van der Waals surface area contributed by atoms with Crippen molar-refractivity contribution in [1.29, 1.82) is 0 Å². The normalized spacial score (nSPS) is 11.8. The molecule has 0 aliphatic rings. The van der Waals surface area contributed by atoms with Crippen LogP contribution in [0, 0.1) is 0 Å². The summed E-state index contributed by atoms with van der Waals surface area (Å²) in [6, 6.07) is -0.961. The van der Waals surface area contributed by atoms with Crippen molar-refractivity contribution in [2.45, 2.75) is 12.5 Å². The van der Waals surface area contributed by atoms with Crippen molar-refractivity contribution in [3.8, 4) is 0 Å². The molecular weight excluding hydrogens is 176 g/mol. The van der Waals surface area contributed by atoms with Crippen molar-refractivity contribution < 1.29 is 19.5 Å². The topological polar surface area (TPSA) is 95.5 Å². The summed E-state index contributed by atoms with van der Waals surface area (Å²) in [7, 11) is 2.74. The van der Waals surface area contributed by atoms with Gasteiger partial charge in [0.1, 0.15) is 0 Å². The Morgan fingerprint density at radius 2 is 1.85 bits per heavy atom. The lowest BCUT2D eigenvalue weighted by Gasteiger charge is -2.10. The highest BCUT2D eigenvalue weighted by molar-refractivity contribution is 6.38. The molecule has 1 unspecified atom stereocenters. The van der Waals surface area contributed by atoms with E-state index < -0.39 is 30.1 Å². The van der Waals surface area contributed by atoms with Crippen LogP contribution in [-0.2, 0) is 14.4 Å². The summed E-state index contributed by atoms with van der Waals surface area (Å²) < 4.78 is 0. The van der Waals surface area contributed by atoms with Crippen LogP contribution in [-0.4, -0.2) is 42.9 Å². The van der Waals surface area contributed by atoms with Crippen molar-refractivity contribution in [2.75, 3.05) is 14.1 Å². The van der Waals surface area contributed by atoms with Gasteiger partial charge in [-0.25, -0.2) is 0 Å². The molecule has 0 bridgehead atoms. The average molecular weight is 188 g/mol. The van der Waals surface area contributed by atoms with Gasteiger partial charge >= 0.3 is 5.97 Å². The Kier molecular flexibility index (Phi) is 4.68. The predicted octanol–water partition coefficient (Wildman–Crippen LogP) is -1.64. The molecule has 0 fully saturated rings. The lowest BCUT2D eigenvalue weighted by molar-refractivity contribution is -0.142. The first-order valence-corrected chi connectivity index (χ1v) is 3.68. The largest absolute Gasteiger partial charge is 0.481 e. The van der Waals surface area contributed by atoms with Crippen LogP contribution in [0.4, 0.5) is 0 Å². The van der Waals surface area contributed by atoms with Crippen molar-refractivity contribution >= 4 is 17.7 Å². The molecule has 0 saturated carbocycles. The molecule has 0 aliphatic heterocycles. The smallest absolute Gasteiger partial charge is 0.305 e. The van der Waals surface area contributed by atoms with Crippen LogP contribution in [0.15, 0.2) is 0 Å². The lowest BCUT2D eigenvalue weighted by atomic mass is 10.1. The van der Waals surface area contributed by atoms with Gasteiger partial charge in [-0.15, -0.1) is 0 Å². The van der Waals surface area contributed by atoms with Gasteiger partial charge in [0.05, 0.1) is 12.5 Å². The molecule has 0 aromatic carbocycles. The van der Waals surface area contributed by atoms with Gasteiger partial charge in [-0.05, 0) is 7.05 Å². The van der Waals surface area contributed by atoms with Crippen molar-refractivity contribution in [1.82, 2.24) is 10.6 Å². The summed E-state index contributed by atoms with van der Waals surface area (Å²) in [5, 5.41) is 13.0. The van der Waals surface area contributed by atoms with Crippen molar-refractivity contribution in [2.24, 2.45) is 0 Å². The van der Waals surface area contributed by atoms with Crippen molar-refractivity contribution in [3.05, 3.63) is 0 Å². The fourth-order valence-corrected chi connectivity index (χ4v) is 0.782. The highest BCUT2D eigenvalue weighted by Crippen LogP contribution is 1.93. The van der Waals surface area contributed by atoms with E-state index >= 15 is 0 Å². The fourth-order valence-electron chi connectivity index (χ4n) is 0.782. The van der Waals surface area contributed by atoms with E-state index in [0.717, 1.165) is 0 Å². The molecule has 6 nitrogen and oxygen atoms in total. The molecule has 6 heteroatoms. The van der Waals surface area contributed by atoms with Gasteiger partial charge in [0, 0.05) is 7.05 Å². The Balaban J connectivity index is 4.31. The Labute approximate surface area is 75.3 Å². The van der Waals surface area contributed by atoms with E-state index in [4.69, 9.17) is 5.11 Å².